The first-order valence-electron chi connectivity index (χ1n) is 7.98. The quantitative estimate of drug-likeness (QED) is 0.777. The molecule has 25 heavy (non-hydrogen) atoms. The largest absolute Gasteiger partial charge is 0.333 e. The van der Waals surface area contributed by atoms with Crippen molar-refractivity contribution in [3.8, 4) is 10.7 Å². The van der Waals surface area contributed by atoms with Gasteiger partial charge in [0.2, 0.25) is 5.91 Å². The third-order valence-corrected chi connectivity index (χ3v) is 5.10. The van der Waals surface area contributed by atoms with Crippen LogP contribution in [0.15, 0.2) is 22.7 Å². The van der Waals surface area contributed by atoms with Crippen LogP contribution in [0.1, 0.15) is 34.6 Å². The predicted octanol–water partition coefficient (Wildman–Crippen LogP) is 3.13. The average molecular weight is 382 g/mol. The van der Waals surface area contributed by atoms with Crippen LogP contribution in [0.2, 0.25) is 0 Å². The van der Waals surface area contributed by atoms with Crippen molar-refractivity contribution >= 4 is 35.0 Å². The fourth-order valence-electron chi connectivity index (χ4n) is 2.05. The van der Waals surface area contributed by atoms with Crippen molar-refractivity contribution < 1.29 is 9.59 Å². The Morgan fingerprint density at radius 3 is 2.64 bits per heavy atom. The van der Waals surface area contributed by atoms with E-state index in [9.17, 15) is 9.59 Å². The molecule has 0 aliphatic carbocycles. The maximum atomic E-state index is 12.2. The minimum Gasteiger partial charge on any atom is -0.333 e. The fraction of sp³-hybridized carbons (Fsp3) is 0.500. The number of thioether (sulfide) groups is 1. The first-order valence-corrected chi connectivity index (χ1v) is 9.74. The molecule has 7 nitrogen and oxygen atoms in total. The second-order valence-electron chi connectivity index (χ2n) is 6.48. The zero-order valence-electron chi connectivity index (χ0n) is 15.0. The lowest BCUT2D eigenvalue weighted by Gasteiger charge is -2.21. The van der Waals surface area contributed by atoms with Crippen molar-refractivity contribution in [2.75, 3.05) is 0 Å². The van der Waals surface area contributed by atoms with Gasteiger partial charge in [0.15, 0.2) is 11.0 Å². The van der Waals surface area contributed by atoms with E-state index in [0.717, 1.165) is 10.7 Å². The van der Waals surface area contributed by atoms with E-state index >= 15 is 0 Å². The lowest BCUT2D eigenvalue weighted by Crippen LogP contribution is -2.49. The summed E-state index contributed by atoms with van der Waals surface area (Å²) in [7, 11) is 0. The molecule has 0 saturated carbocycles. The molecule has 2 rings (SSSR count). The summed E-state index contributed by atoms with van der Waals surface area (Å²) in [5.74, 6) is 0.424. The van der Waals surface area contributed by atoms with E-state index in [1.807, 2.05) is 49.8 Å². The van der Waals surface area contributed by atoms with Crippen molar-refractivity contribution in [3.05, 3.63) is 17.5 Å². The fourth-order valence-corrected chi connectivity index (χ4v) is 3.68. The minimum absolute atomic E-state index is 0.366. The molecule has 0 radical (unpaired) electrons. The Labute approximate surface area is 155 Å². The molecule has 1 atom stereocenters. The number of carbonyl (C=O) groups excluding carboxylic acids is 2. The maximum absolute atomic E-state index is 12.2. The summed E-state index contributed by atoms with van der Waals surface area (Å²) >= 11 is 2.88. The Kier molecular flexibility index (Phi) is 6.23. The Morgan fingerprint density at radius 1 is 1.36 bits per heavy atom. The SMILES string of the molecule is CCn1c(SC(C)C(=O)NC(=O)NC(C)(C)C)nnc1-c1cccs1. The van der Waals surface area contributed by atoms with Crippen LogP contribution < -0.4 is 10.6 Å². The van der Waals surface area contributed by atoms with Crippen LogP contribution in [0.4, 0.5) is 4.79 Å². The van der Waals surface area contributed by atoms with Crippen molar-refractivity contribution in [1.82, 2.24) is 25.4 Å². The highest BCUT2D eigenvalue weighted by Gasteiger charge is 2.23. The zero-order chi connectivity index (χ0) is 18.6. The van der Waals surface area contributed by atoms with Gasteiger partial charge in [-0.25, -0.2) is 4.79 Å². The van der Waals surface area contributed by atoms with E-state index in [0.29, 0.717) is 11.7 Å². The van der Waals surface area contributed by atoms with Gasteiger partial charge >= 0.3 is 6.03 Å². The number of nitrogens with zero attached hydrogens (tertiary/aromatic N) is 3. The smallest absolute Gasteiger partial charge is 0.321 e. The van der Waals surface area contributed by atoms with E-state index in [1.165, 1.54) is 11.8 Å². The number of urea groups is 1. The summed E-state index contributed by atoms with van der Waals surface area (Å²) < 4.78 is 1.97. The van der Waals surface area contributed by atoms with Crippen LogP contribution in [-0.2, 0) is 11.3 Å². The van der Waals surface area contributed by atoms with E-state index in [1.54, 1.807) is 18.3 Å². The van der Waals surface area contributed by atoms with Gasteiger partial charge in [-0.3, -0.25) is 10.1 Å². The normalized spacial score (nSPS) is 12.7. The molecule has 1 unspecified atom stereocenters. The topological polar surface area (TPSA) is 88.9 Å². The average Bonchev–Trinajstić information content (AvgIpc) is 3.13. The van der Waals surface area contributed by atoms with Crippen LogP contribution in [0.5, 0.6) is 0 Å². The summed E-state index contributed by atoms with van der Waals surface area (Å²) in [6.07, 6.45) is 0. The number of carbonyl (C=O) groups is 2. The van der Waals surface area contributed by atoms with Crippen molar-refractivity contribution in [1.29, 1.82) is 0 Å². The van der Waals surface area contributed by atoms with Gasteiger partial charge in [0.05, 0.1) is 10.1 Å². The molecule has 0 aromatic carbocycles. The van der Waals surface area contributed by atoms with E-state index < -0.39 is 16.8 Å². The van der Waals surface area contributed by atoms with Gasteiger partial charge in [-0.1, -0.05) is 17.8 Å². The number of hydrogen-bond donors (Lipinski definition) is 2. The summed E-state index contributed by atoms with van der Waals surface area (Å²) in [5, 5.41) is 15.7. The number of amides is 3. The zero-order valence-corrected chi connectivity index (χ0v) is 16.6. The molecular formula is C16H23N5O2S2. The van der Waals surface area contributed by atoms with E-state index in [-0.39, 0.29) is 5.91 Å². The van der Waals surface area contributed by atoms with Gasteiger partial charge in [-0.15, -0.1) is 21.5 Å². The summed E-state index contributed by atoms with van der Waals surface area (Å²) in [5.41, 5.74) is -0.404. The maximum Gasteiger partial charge on any atom is 0.321 e. The van der Waals surface area contributed by atoms with Crippen molar-refractivity contribution in [2.45, 2.75) is 57.1 Å². The monoisotopic (exact) mass is 381 g/mol. The minimum atomic E-state index is -0.499. The third-order valence-electron chi connectivity index (χ3n) is 3.15. The molecule has 0 fully saturated rings. The van der Waals surface area contributed by atoms with Gasteiger partial charge in [-0.05, 0) is 46.1 Å². The van der Waals surface area contributed by atoms with Crippen LogP contribution in [-0.4, -0.2) is 37.5 Å². The molecule has 0 saturated heterocycles. The van der Waals surface area contributed by atoms with Gasteiger partial charge in [0.1, 0.15) is 0 Å². The Bertz CT molecular complexity index is 734. The summed E-state index contributed by atoms with van der Waals surface area (Å²) in [6.45, 7) is 10.00. The molecule has 136 valence electrons. The highest BCUT2D eigenvalue weighted by molar-refractivity contribution is 8.00. The Hall–Kier alpha value is -1.87. The van der Waals surface area contributed by atoms with E-state index in [2.05, 4.69) is 20.8 Å². The molecule has 0 aliphatic heterocycles. The second-order valence-corrected chi connectivity index (χ2v) is 8.74. The van der Waals surface area contributed by atoms with Gasteiger partial charge < -0.3 is 9.88 Å². The van der Waals surface area contributed by atoms with Crippen molar-refractivity contribution in [2.24, 2.45) is 0 Å². The molecular weight excluding hydrogens is 358 g/mol. The van der Waals surface area contributed by atoms with Crippen LogP contribution in [0.3, 0.4) is 0 Å². The molecule has 2 N–H and O–H groups in total. The highest BCUT2D eigenvalue weighted by Crippen LogP contribution is 2.29. The van der Waals surface area contributed by atoms with Gasteiger partial charge in [0.25, 0.3) is 0 Å². The number of imide groups is 1. The molecule has 2 aromatic heterocycles. The molecule has 0 spiro atoms. The second kappa shape index (κ2) is 8.01. The first-order chi connectivity index (χ1) is 11.7. The molecule has 2 heterocycles. The molecule has 3 amide bonds. The number of nitrogens with one attached hydrogen (secondary N) is 2. The number of hydrogen-bond acceptors (Lipinski definition) is 6. The number of rotatable bonds is 5. The molecule has 0 aliphatic rings. The lowest BCUT2D eigenvalue weighted by atomic mass is 10.1. The Balaban J connectivity index is 2.04. The number of thiophene rings is 1. The first kappa shape index (κ1) is 19.5. The van der Waals surface area contributed by atoms with Crippen LogP contribution in [0, 0.1) is 0 Å². The molecule has 0 bridgehead atoms. The Morgan fingerprint density at radius 2 is 2.08 bits per heavy atom. The van der Waals surface area contributed by atoms with E-state index in [4.69, 9.17) is 0 Å². The van der Waals surface area contributed by atoms with Gasteiger partial charge in [0, 0.05) is 12.1 Å². The predicted molar refractivity (Wildman–Crippen MR) is 101 cm³/mol. The summed E-state index contributed by atoms with van der Waals surface area (Å²) in [4.78, 5) is 25.1. The van der Waals surface area contributed by atoms with Crippen LogP contribution >= 0.6 is 23.1 Å². The standard InChI is InChI=1S/C16H23N5O2S2/c1-6-21-12(11-8-7-9-24-11)19-20-15(21)25-10(2)13(22)17-14(23)18-16(3,4)5/h7-10H,6H2,1-5H3,(H2,17,18,22,23). The highest BCUT2D eigenvalue weighted by atomic mass is 32.2. The summed E-state index contributed by atoms with van der Waals surface area (Å²) in [6, 6.07) is 3.45. The third kappa shape index (κ3) is 5.30. The van der Waals surface area contributed by atoms with Gasteiger partial charge in [-0.2, -0.15) is 0 Å². The number of aromatic nitrogens is 3. The lowest BCUT2D eigenvalue weighted by molar-refractivity contribution is -0.119. The van der Waals surface area contributed by atoms with Crippen molar-refractivity contribution in [3.63, 3.8) is 0 Å². The van der Waals surface area contributed by atoms with Crippen LogP contribution in [0.25, 0.3) is 10.7 Å². The molecule has 2 aromatic rings. The molecule has 9 heteroatoms.